The Morgan fingerprint density at radius 1 is 0.667 bits per heavy atom. The summed E-state index contributed by atoms with van der Waals surface area (Å²) < 4.78 is 22.1. The minimum absolute atomic E-state index is 0.237. The summed E-state index contributed by atoms with van der Waals surface area (Å²) in [4.78, 5) is 13.3. The van der Waals surface area contributed by atoms with Crippen LogP contribution < -0.4 is 9.47 Å². The fourth-order valence-corrected chi connectivity index (χ4v) is 3.32. The van der Waals surface area contributed by atoms with Gasteiger partial charge >= 0.3 is 0 Å². The molecule has 2 heterocycles. The highest BCUT2D eigenvalue weighted by molar-refractivity contribution is 6.12. The minimum Gasteiger partial charge on any atom is -0.494 e. The second-order valence-electron chi connectivity index (χ2n) is 6.57. The van der Waals surface area contributed by atoms with E-state index in [9.17, 15) is 4.79 Å². The zero-order valence-corrected chi connectivity index (χ0v) is 16.9. The Morgan fingerprint density at radius 3 is 1.43 bits per heavy atom. The van der Waals surface area contributed by atoms with Crippen molar-refractivity contribution in [3.63, 3.8) is 0 Å². The van der Waals surface area contributed by atoms with E-state index in [0.29, 0.717) is 24.3 Å². The van der Waals surface area contributed by atoms with E-state index < -0.39 is 0 Å². The topological polar surface area (TPSA) is 61.8 Å². The summed E-state index contributed by atoms with van der Waals surface area (Å²) in [5.41, 5.74) is 3.14. The number of benzene rings is 2. The molecule has 0 amide bonds. The number of hydrogen-bond donors (Lipinski definition) is 0. The van der Waals surface area contributed by atoms with Gasteiger partial charge in [0.2, 0.25) is 0 Å². The highest BCUT2D eigenvalue weighted by Crippen LogP contribution is 2.33. The van der Waals surface area contributed by atoms with Crippen LogP contribution in [0.4, 0.5) is 0 Å². The third-order valence-corrected chi connectivity index (χ3v) is 4.70. The first-order chi connectivity index (χ1) is 14.7. The summed E-state index contributed by atoms with van der Waals surface area (Å²) in [6, 6.07) is 18.7. The van der Waals surface area contributed by atoms with Crippen LogP contribution in [0.5, 0.6) is 11.5 Å². The Morgan fingerprint density at radius 2 is 1.07 bits per heavy atom. The summed E-state index contributed by atoms with van der Waals surface area (Å²) in [5, 5.41) is 0. The van der Waals surface area contributed by atoms with Crippen molar-refractivity contribution in [1.82, 2.24) is 0 Å². The molecule has 2 aromatic heterocycles. The Bertz CT molecular complexity index is 1030. The molecule has 5 nitrogen and oxygen atoms in total. The van der Waals surface area contributed by atoms with Crippen LogP contribution in [0.3, 0.4) is 0 Å². The van der Waals surface area contributed by atoms with Gasteiger partial charge in [-0.05, 0) is 61.4 Å². The summed E-state index contributed by atoms with van der Waals surface area (Å²) in [5.74, 6) is 1.73. The first kappa shape index (κ1) is 19.6. The van der Waals surface area contributed by atoms with Gasteiger partial charge in [-0.1, -0.05) is 24.3 Å². The van der Waals surface area contributed by atoms with Crippen molar-refractivity contribution >= 4 is 5.78 Å². The van der Waals surface area contributed by atoms with Gasteiger partial charge in [-0.2, -0.15) is 0 Å². The molecule has 0 aliphatic rings. The Hall–Kier alpha value is -3.73. The lowest BCUT2D eigenvalue weighted by atomic mass is 10.00. The molecule has 0 atom stereocenters. The highest BCUT2D eigenvalue weighted by atomic mass is 16.5. The monoisotopic (exact) mass is 402 g/mol. The van der Waals surface area contributed by atoms with Crippen molar-refractivity contribution in [1.29, 1.82) is 0 Å². The molecule has 0 bridgehead atoms. The normalized spacial score (nSPS) is 10.7. The molecule has 4 aromatic rings. The summed E-state index contributed by atoms with van der Waals surface area (Å²) in [6.07, 6.45) is 3.02. The van der Waals surface area contributed by atoms with Gasteiger partial charge in [-0.3, -0.25) is 4.79 Å². The fourth-order valence-electron chi connectivity index (χ4n) is 3.32. The number of rotatable bonds is 8. The molecular weight excluding hydrogens is 380 g/mol. The zero-order chi connectivity index (χ0) is 20.9. The van der Waals surface area contributed by atoms with Crippen molar-refractivity contribution < 1.29 is 23.1 Å². The quantitative estimate of drug-likeness (QED) is 0.327. The molecule has 0 unspecified atom stereocenters. The summed E-state index contributed by atoms with van der Waals surface area (Å²) in [6.45, 7) is 5.07. The molecular formula is C25H22O5. The largest absolute Gasteiger partial charge is 0.494 e. The van der Waals surface area contributed by atoms with E-state index in [1.54, 1.807) is 12.1 Å². The molecule has 0 saturated heterocycles. The van der Waals surface area contributed by atoms with E-state index >= 15 is 0 Å². The summed E-state index contributed by atoms with van der Waals surface area (Å²) >= 11 is 0. The van der Waals surface area contributed by atoms with Crippen molar-refractivity contribution in [2.45, 2.75) is 13.8 Å². The Balaban J connectivity index is 1.64. The predicted octanol–water partition coefficient (Wildman–Crippen LogP) is 6.24. The standard InChI is InChI=1S/C25H22O5/c1-3-27-19-9-5-17(6-10-19)21-13-15-29-24(21)23(26)25-22(14-16-30-25)18-7-11-20(12-8-18)28-4-2/h5-16H,3-4H2,1-2H3. The van der Waals surface area contributed by atoms with E-state index in [4.69, 9.17) is 18.3 Å². The van der Waals surface area contributed by atoms with Gasteiger partial charge in [0.25, 0.3) is 5.78 Å². The van der Waals surface area contributed by atoms with E-state index in [0.717, 1.165) is 22.6 Å². The molecule has 0 radical (unpaired) electrons. The zero-order valence-electron chi connectivity index (χ0n) is 16.9. The Labute approximate surface area is 174 Å². The molecule has 0 N–H and O–H groups in total. The van der Waals surface area contributed by atoms with Crippen LogP contribution >= 0.6 is 0 Å². The van der Waals surface area contributed by atoms with E-state index in [-0.39, 0.29) is 17.3 Å². The molecule has 0 fully saturated rings. The minimum atomic E-state index is -0.308. The van der Waals surface area contributed by atoms with Gasteiger partial charge in [0, 0.05) is 11.1 Å². The number of ether oxygens (including phenoxy) is 2. The van der Waals surface area contributed by atoms with Gasteiger partial charge in [0.15, 0.2) is 11.5 Å². The van der Waals surface area contributed by atoms with Crippen LogP contribution in [-0.4, -0.2) is 19.0 Å². The van der Waals surface area contributed by atoms with Crippen LogP contribution in [0.1, 0.15) is 30.2 Å². The second-order valence-corrected chi connectivity index (χ2v) is 6.57. The number of furan rings is 2. The number of ketones is 1. The molecule has 30 heavy (non-hydrogen) atoms. The second kappa shape index (κ2) is 8.74. The first-order valence-electron chi connectivity index (χ1n) is 9.87. The van der Waals surface area contributed by atoms with Crippen molar-refractivity contribution in [3.05, 3.63) is 84.7 Å². The lowest BCUT2D eigenvalue weighted by Crippen LogP contribution is -2.02. The lowest BCUT2D eigenvalue weighted by molar-refractivity contribution is 0.0985. The number of carbonyl (C=O) groups excluding carboxylic acids is 1. The molecule has 152 valence electrons. The van der Waals surface area contributed by atoms with Crippen LogP contribution in [0, 0.1) is 0 Å². The van der Waals surface area contributed by atoms with E-state index in [1.165, 1.54) is 12.5 Å². The predicted molar refractivity (Wildman–Crippen MR) is 114 cm³/mol. The number of hydrogen-bond acceptors (Lipinski definition) is 5. The van der Waals surface area contributed by atoms with Crippen LogP contribution in [-0.2, 0) is 0 Å². The molecule has 2 aromatic carbocycles. The van der Waals surface area contributed by atoms with Crippen molar-refractivity contribution in [2.24, 2.45) is 0 Å². The molecule has 5 heteroatoms. The van der Waals surface area contributed by atoms with Crippen LogP contribution in [0.15, 0.2) is 82.0 Å². The van der Waals surface area contributed by atoms with Gasteiger partial charge in [-0.15, -0.1) is 0 Å². The maximum atomic E-state index is 13.3. The van der Waals surface area contributed by atoms with Crippen molar-refractivity contribution in [2.75, 3.05) is 13.2 Å². The van der Waals surface area contributed by atoms with E-state index in [1.807, 2.05) is 62.4 Å². The average molecular weight is 402 g/mol. The maximum absolute atomic E-state index is 13.3. The van der Waals surface area contributed by atoms with Gasteiger partial charge in [-0.25, -0.2) is 0 Å². The van der Waals surface area contributed by atoms with Gasteiger partial charge in [0.1, 0.15) is 11.5 Å². The molecule has 0 aliphatic carbocycles. The van der Waals surface area contributed by atoms with Gasteiger partial charge < -0.3 is 18.3 Å². The fraction of sp³-hybridized carbons (Fsp3) is 0.160. The third kappa shape index (κ3) is 3.87. The van der Waals surface area contributed by atoms with Gasteiger partial charge in [0.05, 0.1) is 25.7 Å². The smallest absolute Gasteiger partial charge is 0.264 e. The molecule has 0 spiro atoms. The van der Waals surface area contributed by atoms with Crippen molar-refractivity contribution in [3.8, 4) is 33.8 Å². The Kier molecular flexibility index (Phi) is 5.70. The maximum Gasteiger partial charge on any atom is 0.264 e. The molecule has 0 saturated carbocycles. The third-order valence-electron chi connectivity index (χ3n) is 4.70. The molecule has 0 aliphatic heterocycles. The van der Waals surface area contributed by atoms with Crippen LogP contribution in [0.25, 0.3) is 22.3 Å². The average Bonchev–Trinajstić information content (AvgIpc) is 3.45. The SMILES string of the molecule is CCOc1ccc(-c2ccoc2C(=O)c2occc2-c2ccc(OCC)cc2)cc1. The van der Waals surface area contributed by atoms with E-state index in [2.05, 4.69) is 0 Å². The molecule has 4 rings (SSSR count). The lowest BCUT2D eigenvalue weighted by Gasteiger charge is -2.07. The highest BCUT2D eigenvalue weighted by Gasteiger charge is 2.24. The first-order valence-corrected chi connectivity index (χ1v) is 9.87. The summed E-state index contributed by atoms with van der Waals surface area (Å²) in [7, 11) is 0. The van der Waals surface area contributed by atoms with Crippen LogP contribution in [0.2, 0.25) is 0 Å². The number of carbonyl (C=O) groups is 1.